The zero-order chi connectivity index (χ0) is 13.5. The number of hydrogen-bond acceptors (Lipinski definition) is 4. The summed E-state index contributed by atoms with van der Waals surface area (Å²) in [5.74, 6) is 0. The summed E-state index contributed by atoms with van der Waals surface area (Å²) in [6.45, 7) is 1.98. The van der Waals surface area contributed by atoms with Gasteiger partial charge in [0.2, 0.25) is 4.96 Å². The highest BCUT2D eigenvalue weighted by molar-refractivity contribution is 7.16. The van der Waals surface area contributed by atoms with E-state index in [9.17, 15) is 0 Å². The predicted octanol–water partition coefficient (Wildman–Crippen LogP) is 2.95. The Balaban J connectivity index is 1.75. The van der Waals surface area contributed by atoms with Crippen LogP contribution in [0.15, 0.2) is 48.9 Å². The van der Waals surface area contributed by atoms with Gasteiger partial charge in [-0.3, -0.25) is 0 Å². The first-order valence-electron chi connectivity index (χ1n) is 6.23. The van der Waals surface area contributed by atoms with Gasteiger partial charge in [0, 0.05) is 11.8 Å². The second-order valence-corrected chi connectivity index (χ2v) is 5.64. The molecule has 20 heavy (non-hydrogen) atoms. The molecular weight excluding hydrogens is 270 g/mol. The standard InChI is InChI=1S/C14H11N5S/c1-10-17-19-9-13(16-14(19)20-10)11-7-15-18(8-11)12-5-3-2-4-6-12/h2-9H,1H3. The first-order chi connectivity index (χ1) is 9.79. The van der Waals surface area contributed by atoms with Crippen molar-refractivity contribution in [3.05, 3.63) is 53.9 Å². The first-order valence-corrected chi connectivity index (χ1v) is 7.04. The number of benzene rings is 1. The number of nitrogens with zero attached hydrogens (tertiary/aromatic N) is 5. The minimum atomic E-state index is 0.894. The highest BCUT2D eigenvalue weighted by Crippen LogP contribution is 2.22. The second kappa shape index (κ2) is 4.28. The van der Waals surface area contributed by atoms with Crippen LogP contribution in [-0.2, 0) is 0 Å². The molecule has 0 saturated carbocycles. The topological polar surface area (TPSA) is 48.0 Å². The maximum atomic E-state index is 4.58. The molecular formula is C14H11N5S. The number of para-hydroxylation sites is 1. The van der Waals surface area contributed by atoms with Gasteiger partial charge in [-0.2, -0.15) is 10.2 Å². The van der Waals surface area contributed by atoms with Crippen molar-refractivity contribution in [2.24, 2.45) is 0 Å². The van der Waals surface area contributed by atoms with Gasteiger partial charge in [0.15, 0.2) is 0 Å². The Morgan fingerprint density at radius 3 is 2.75 bits per heavy atom. The number of fused-ring (bicyclic) bond motifs is 1. The van der Waals surface area contributed by atoms with Crippen molar-refractivity contribution in [3.8, 4) is 16.9 Å². The van der Waals surface area contributed by atoms with Crippen LogP contribution in [0, 0.1) is 6.92 Å². The number of aromatic nitrogens is 5. The van der Waals surface area contributed by atoms with E-state index in [-0.39, 0.29) is 0 Å². The molecule has 0 spiro atoms. The average molecular weight is 281 g/mol. The Bertz CT molecular complexity index is 840. The van der Waals surface area contributed by atoms with Crippen molar-refractivity contribution in [2.45, 2.75) is 6.92 Å². The van der Waals surface area contributed by atoms with E-state index < -0.39 is 0 Å². The monoisotopic (exact) mass is 281 g/mol. The van der Waals surface area contributed by atoms with E-state index in [2.05, 4.69) is 15.2 Å². The molecule has 0 atom stereocenters. The number of rotatable bonds is 2. The lowest BCUT2D eigenvalue weighted by molar-refractivity contribution is 0.881. The Morgan fingerprint density at radius 1 is 1.10 bits per heavy atom. The summed E-state index contributed by atoms with van der Waals surface area (Å²) in [5.41, 5.74) is 2.92. The van der Waals surface area contributed by atoms with Gasteiger partial charge in [0.1, 0.15) is 5.01 Å². The minimum Gasteiger partial charge on any atom is -0.240 e. The molecule has 0 aliphatic rings. The van der Waals surface area contributed by atoms with E-state index in [0.29, 0.717) is 0 Å². The van der Waals surface area contributed by atoms with E-state index in [1.807, 2.05) is 65.0 Å². The third-order valence-corrected chi connectivity index (χ3v) is 3.88. The Morgan fingerprint density at radius 2 is 1.95 bits per heavy atom. The lowest BCUT2D eigenvalue weighted by atomic mass is 10.3. The number of aryl methyl sites for hydroxylation is 1. The quantitative estimate of drug-likeness (QED) is 0.567. The Kier molecular flexibility index (Phi) is 2.43. The Hall–Kier alpha value is -2.47. The summed E-state index contributed by atoms with van der Waals surface area (Å²) in [6, 6.07) is 10.0. The molecule has 4 rings (SSSR count). The van der Waals surface area contributed by atoms with E-state index in [4.69, 9.17) is 0 Å². The molecule has 0 saturated heterocycles. The molecule has 0 N–H and O–H groups in total. The van der Waals surface area contributed by atoms with E-state index in [1.54, 1.807) is 11.3 Å². The van der Waals surface area contributed by atoms with Gasteiger partial charge in [-0.15, -0.1) is 0 Å². The summed E-state index contributed by atoms with van der Waals surface area (Å²) in [6.07, 6.45) is 5.74. The molecule has 6 heteroatoms. The van der Waals surface area contributed by atoms with Gasteiger partial charge in [-0.1, -0.05) is 29.5 Å². The van der Waals surface area contributed by atoms with Crippen LogP contribution >= 0.6 is 11.3 Å². The normalized spacial score (nSPS) is 11.2. The van der Waals surface area contributed by atoms with Crippen molar-refractivity contribution in [2.75, 3.05) is 0 Å². The third-order valence-electron chi connectivity index (χ3n) is 3.04. The summed E-state index contributed by atoms with van der Waals surface area (Å²) in [4.78, 5) is 5.48. The van der Waals surface area contributed by atoms with Crippen LogP contribution < -0.4 is 0 Å². The molecule has 0 radical (unpaired) electrons. The molecule has 5 nitrogen and oxygen atoms in total. The van der Waals surface area contributed by atoms with Gasteiger partial charge in [0.05, 0.1) is 23.8 Å². The van der Waals surface area contributed by atoms with E-state index in [0.717, 1.165) is 26.9 Å². The van der Waals surface area contributed by atoms with E-state index in [1.165, 1.54) is 0 Å². The molecule has 0 aliphatic carbocycles. The van der Waals surface area contributed by atoms with Crippen molar-refractivity contribution >= 4 is 16.3 Å². The van der Waals surface area contributed by atoms with E-state index >= 15 is 0 Å². The van der Waals surface area contributed by atoms with Crippen LogP contribution in [0.2, 0.25) is 0 Å². The van der Waals surface area contributed by atoms with Crippen molar-refractivity contribution < 1.29 is 0 Å². The van der Waals surface area contributed by atoms with Gasteiger partial charge < -0.3 is 0 Å². The van der Waals surface area contributed by atoms with Gasteiger partial charge >= 0.3 is 0 Å². The molecule has 3 heterocycles. The molecule has 0 bridgehead atoms. The van der Waals surface area contributed by atoms with Crippen LogP contribution in [0.3, 0.4) is 0 Å². The van der Waals surface area contributed by atoms with Crippen molar-refractivity contribution in [3.63, 3.8) is 0 Å². The van der Waals surface area contributed by atoms with Crippen LogP contribution in [0.25, 0.3) is 21.9 Å². The lowest BCUT2D eigenvalue weighted by Crippen LogP contribution is -1.92. The van der Waals surface area contributed by atoms with Gasteiger partial charge in [-0.25, -0.2) is 14.2 Å². The summed E-state index contributed by atoms with van der Waals surface area (Å²) in [7, 11) is 0. The molecule has 98 valence electrons. The highest BCUT2D eigenvalue weighted by atomic mass is 32.1. The zero-order valence-electron chi connectivity index (χ0n) is 10.8. The molecule has 3 aromatic heterocycles. The summed E-state index contributed by atoms with van der Waals surface area (Å²) in [5, 5.41) is 9.77. The predicted molar refractivity (Wildman–Crippen MR) is 78.2 cm³/mol. The smallest absolute Gasteiger partial charge is 0.212 e. The van der Waals surface area contributed by atoms with Crippen LogP contribution in [0.1, 0.15) is 5.01 Å². The SMILES string of the molecule is Cc1nn2cc(-c3cnn(-c4ccccc4)c3)nc2s1. The molecule has 1 aromatic carbocycles. The first kappa shape index (κ1) is 11.4. The number of hydrogen-bond donors (Lipinski definition) is 0. The largest absolute Gasteiger partial charge is 0.240 e. The van der Waals surface area contributed by atoms with Crippen LogP contribution in [0.4, 0.5) is 0 Å². The van der Waals surface area contributed by atoms with Crippen LogP contribution in [0.5, 0.6) is 0 Å². The fraction of sp³-hybridized carbons (Fsp3) is 0.0714. The van der Waals surface area contributed by atoms with Gasteiger partial charge in [0.25, 0.3) is 0 Å². The zero-order valence-corrected chi connectivity index (χ0v) is 11.6. The maximum absolute atomic E-state index is 4.58. The summed E-state index contributed by atoms with van der Waals surface area (Å²) < 4.78 is 3.66. The number of imidazole rings is 1. The Labute approximate surface area is 119 Å². The summed E-state index contributed by atoms with van der Waals surface area (Å²) >= 11 is 1.58. The molecule has 0 fully saturated rings. The third kappa shape index (κ3) is 1.81. The lowest BCUT2D eigenvalue weighted by Gasteiger charge is -1.98. The van der Waals surface area contributed by atoms with Crippen molar-refractivity contribution in [1.29, 1.82) is 0 Å². The van der Waals surface area contributed by atoms with Crippen molar-refractivity contribution in [1.82, 2.24) is 24.4 Å². The second-order valence-electron chi connectivity index (χ2n) is 4.48. The molecule has 0 aliphatic heterocycles. The highest BCUT2D eigenvalue weighted by Gasteiger charge is 2.10. The fourth-order valence-electron chi connectivity index (χ4n) is 2.12. The molecule has 4 aromatic rings. The van der Waals surface area contributed by atoms with Gasteiger partial charge in [-0.05, 0) is 19.1 Å². The minimum absolute atomic E-state index is 0.894. The molecule has 0 amide bonds. The average Bonchev–Trinajstić information content (AvgIpc) is 3.12. The fourth-order valence-corrected chi connectivity index (χ4v) is 2.84. The maximum Gasteiger partial charge on any atom is 0.212 e. The molecule has 0 unspecified atom stereocenters. The van der Waals surface area contributed by atoms with Crippen LogP contribution in [-0.4, -0.2) is 24.4 Å².